The van der Waals surface area contributed by atoms with Gasteiger partial charge in [-0.25, -0.2) is 9.59 Å². The Morgan fingerprint density at radius 3 is 2.56 bits per heavy atom. The molecule has 186 valence electrons. The first-order valence-electron chi connectivity index (χ1n) is 12.0. The fourth-order valence-electron chi connectivity index (χ4n) is 5.12. The number of carbonyl (C=O) groups is 3. The summed E-state index contributed by atoms with van der Waals surface area (Å²) in [5.74, 6) is -1.75. The van der Waals surface area contributed by atoms with Crippen molar-refractivity contribution in [1.82, 2.24) is 0 Å². The van der Waals surface area contributed by atoms with Gasteiger partial charge in [-0.2, -0.15) is 0 Å². The van der Waals surface area contributed by atoms with Gasteiger partial charge < -0.3 is 18.9 Å². The summed E-state index contributed by atoms with van der Waals surface area (Å²) in [5, 5.41) is 1.99. The Labute approximate surface area is 209 Å². The van der Waals surface area contributed by atoms with Crippen molar-refractivity contribution in [3.8, 4) is 5.75 Å². The predicted octanol–water partition coefficient (Wildman–Crippen LogP) is 4.55. The van der Waals surface area contributed by atoms with Gasteiger partial charge in [0.2, 0.25) is 0 Å². The van der Waals surface area contributed by atoms with Crippen LogP contribution in [0.3, 0.4) is 0 Å². The fraction of sp³-hybridized carbons (Fsp3) is 0.345. The van der Waals surface area contributed by atoms with Gasteiger partial charge in [-0.1, -0.05) is 36.4 Å². The molecule has 3 aliphatic rings. The minimum absolute atomic E-state index is 0.190. The van der Waals surface area contributed by atoms with Crippen molar-refractivity contribution in [2.45, 2.75) is 50.9 Å². The monoisotopic (exact) mass is 488 g/mol. The summed E-state index contributed by atoms with van der Waals surface area (Å²) in [6.07, 6.45) is 2.46. The second-order valence-corrected chi connectivity index (χ2v) is 9.65. The third-order valence-electron chi connectivity index (χ3n) is 7.16. The van der Waals surface area contributed by atoms with Crippen LogP contribution in [-0.4, -0.2) is 43.3 Å². The molecule has 1 fully saturated rings. The van der Waals surface area contributed by atoms with Crippen molar-refractivity contribution in [1.29, 1.82) is 0 Å². The molecule has 1 saturated heterocycles. The second kappa shape index (κ2) is 9.30. The molecule has 0 aromatic heterocycles. The minimum Gasteiger partial charge on any atom is -0.497 e. The van der Waals surface area contributed by atoms with E-state index in [-0.39, 0.29) is 18.1 Å². The smallest absolute Gasteiger partial charge is 0.334 e. The first kappa shape index (κ1) is 23.9. The normalized spacial score (nSPS) is 27.8. The molecule has 2 aliphatic heterocycles. The van der Waals surface area contributed by atoms with Gasteiger partial charge in [-0.3, -0.25) is 4.79 Å². The average molecular weight is 489 g/mol. The molecule has 5 atom stereocenters. The number of hydrogen-bond donors (Lipinski definition) is 0. The molecule has 5 rings (SSSR count). The molecule has 2 aromatic rings. The number of rotatable bonds is 4. The van der Waals surface area contributed by atoms with Crippen molar-refractivity contribution >= 4 is 28.7 Å². The highest BCUT2D eigenvalue weighted by Crippen LogP contribution is 2.39. The first-order chi connectivity index (χ1) is 17.2. The Morgan fingerprint density at radius 2 is 1.78 bits per heavy atom. The first-order valence-corrected chi connectivity index (χ1v) is 12.0. The SMILES string of the molecule is C=C1C(=O)OC2CC3=C[C@@H](C/C(C)=C/C(OC(=O)[C@@H](C)c4ccc5cc(OC)ccc5c4)[C@H]12)OC3=O. The summed E-state index contributed by atoms with van der Waals surface area (Å²) in [7, 11) is 1.62. The van der Waals surface area contributed by atoms with Crippen LogP contribution in [0, 0.1) is 5.92 Å². The molecule has 2 aromatic carbocycles. The van der Waals surface area contributed by atoms with Crippen LogP contribution in [0.4, 0.5) is 0 Å². The third-order valence-corrected chi connectivity index (χ3v) is 7.16. The molecular weight excluding hydrogens is 460 g/mol. The molecular formula is C29H28O7. The van der Waals surface area contributed by atoms with Crippen LogP contribution in [0.1, 0.15) is 38.2 Å². The van der Waals surface area contributed by atoms with E-state index in [1.54, 1.807) is 20.1 Å². The second-order valence-electron chi connectivity index (χ2n) is 9.65. The minimum atomic E-state index is -0.762. The topological polar surface area (TPSA) is 88.1 Å². The number of esters is 3. The summed E-state index contributed by atoms with van der Waals surface area (Å²) in [6, 6.07) is 11.6. The van der Waals surface area contributed by atoms with Crippen molar-refractivity contribution < 1.29 is 33.3 Å². The van der Waals surface area contributed by atoms with Crippen LogP contribution in [0.15, 0.2) is 71.8 Å². The van der Waals surface area contributed by atoms with E-state index in [9.17, 15) is 14.4 Å². The van der Waals surface area contributed by atoms with Crippen LogP contribution < -0.4 is 4.74 Å². The van der Waals surface area contributed by atoms with Crippen molar-refractivity contribution in [2.75, 3.05) is 7.11 Å². The zero-order valence-corrected chi connectivity index (χ0v) is 20.5. The van der Waals surface area contributed by atoms with Gasteiger partial charge >= 0.3 is 17.9 Å². The summed E-state index contributed by atoms with van der Waals surface area (Å²) in [6.45, 7) is 7.60. The Balaban J connectivity index is 1.42. The zero-order chi connectivity index (χ0) is 25.6. The number of methoxy groups -OCH3 is 1. The lowest BCUT2D eigenvalue weighted by Gasteiger charge is -2.27. The van der Waals surface area contributed by atoms with E-state index in [0.29, 0.717) is 12.0 Å². The lowest BCUT2D eigenvalue weighted by atomic mass is 9.85. The van der Waals surface area contributed by atoms with Crippen LogP contribution in [0.25, 0.3) is 10.8 Å². The summed E-state index contributed by atoms with van der Waals surface area (Å²) >= 11 is 0. The Hall–Kier alpha value is -3.87. The maximum atomic E-state index is 13.4. The maximum Gasteiger partial charge on any atom is 0.334 e. The number of benzene rings is 2. The summed E-state index contributed by atoms with van der Waals surface area (Å²) in [4.78, 5) is 38.1. The standard InChI is InChI=1S/C29H28O7/c1-15-9-23-13-21(29(32)34-23)14-25-26(17(3)28(31)36-25)24(10-15)35-27(30)16(2)18-5-6-20-12-22(33-4)8-7-19(20)11-18/h5-8,10-13,16,23-26H,3,9,14H2,1-2,4H3/b15-10+/t16-,23+,24?,25?,26-/m0/s1. The molecule has 36 heavy (non-hydrogen) atoms. The molecule has 0 N–H and O–H groups in total. The molecule has 1 aliphatic carbocycles. The van der Waals surface area contributed by atoms with Crippen molar-refractivity contribution in [3.63, 3.8) is 0 Å². The molecule has 0 saturated carbocycles. The highest BCUT2D eigenvalue weighted by atomic mass is 16.6. The Morgan fingerprint density at radius 1 is 1.03 bits per heavy atom. The van der Waals surface area contributed by atoms with Gasteiger partial charge in [0.25, 0.3) is 0 Å². The van der Waals surface area contributed by atoms with E-state index in [4.69, 9.17) is 18.9 Å². The molecule has 7 heteroatoms. The van der Waals surface area contributed by atoms with Gasteiger partial charge in [0.15, 0.2) is 0 Å². The average Bonchev–Trinajstić information content (AvgIpc) is 3.33. The van der Waals surface area contributed by atoms with Gasteiger partial charge in [0.1, 0.15) is 24.1 Å². The van der Waals surface area contributed by atoms with E-state index < -0.39 is 42.0 Å². The largest absolute Gasteiger partial charge is 0.497 e. The fourth-order valence-corrected chi connectivity index (χ4v) is 5.12. The van der Waals surface area contributed by atoms with Crippen LogP contribution in [0.2, 0.25) is 0 Å². The molecule has 7 nitrogen and oxygen atoms in total. The van der Waals surface area contributed by atoms with E-state index in [0.717, 1.165) is 27.7 Å². The lowest BCUT2D eigenvalue weighted by molar-refractivity contribution is -0.151. The van der Waals surface area contributed by atoms with E-state index in [1.807, 2.05) is 49.4 Å². The Bertz CT molecular complexity index is 1330. The predicted molar refractivity (Wildman–Crippen MR) is 132 cm³/mol. The number of carbonyl (C=O) groups excluding carboxylic acids is 3. The van der Waals surface area contributed by atoms with E-state index >= 15 is 0 Å². The van der Waals surface area contributed by atoms with Crippen molar-refractivity contribution in [3.05, 3.63) is 77.4 Å². The number of hydrogen-bond acceptors (Lipinski definition) is 7. The van der Waals surface area contributed by atoms with Gasteiger partial charge in [0.05, 0.1) is 18.9 Å². The van der Waals surface area contributed by atoms with Crippen LogP contribution >= 0.6 is 0 Å². The van der Waals surface area contributed by atoms with E-state index in [2.05, 4.69) is 6.58 Å². The number of fused-ring (bicyclic) bond motifs is 3. The highest BCUT2D eigenvalue weighted by molar-refractivity contribution is 5.93. The third kappa shape index (κ3) is 4.41. The van der Waals surface area contributed by atoms with Gasteiger partial charge in [-0.05, 0) is 54.5 Å². The van der Waals surface area contributed by atoms with E-state index in [1.165, 1.54) is 0 Å². The molecule has 2 bridgehead atoms. The molecule has 0 spiro atoms. The lowest BCUT2D eigenvalue weighted by Crippen LogP contribution is -2.34. The Kier molecular flexibility index (Phi) is 6.16. The molecule has 2 unspecified atom stereocenters. The van der Waals surface area contributed by atoms with Crippen LogP contribution in [0.5, 0.6) is 5.75 Å². The molecule has 2 heterocycles. The zero-order valence-electron chi connectivity index (χ0n) is 20.5. The van der Waals surface area contributed by atoms with Crippen LogP contribution in [-0.2, 0) is 28.6 Å². The quantitative estimate of drug-likeness (QED) is 0.270. The van der Waals surface area contributed by atoms with Crippen molar-refractivity contribution in [2.24, 2.45) is 5.92 Å². The molecule has 0 amide bonds. The van der Waals surface area contributed by atoms with Gasteiger partial charge in [-0.15, -0.1) is 0 Å². The molecule has 0 radical (unpaired) electrons. The highest BCUT2D eigenvalue weighted by Gasteiger charge is 2.46. The maximum absolute atomic E-state index is 13.4. The summed E-state index contributed by atoms with van der Waals surface area (Å²) in [5.41, 5.74) is 2.40. The summed E-state index contributed by atoms with van der Waals surface area (Å²) < 4.78 is 22.3. The number of ether oxygens (including phenoxy) is 4. The van der Waals surface area contributed by atoms with Gasteiger partial charge in [0, 0.05) is 24.0 Å².